The maximum absolute atomic E-state index is 13.2. The minimum Gasteiger partial charge on any atom is -1.00 e. The van der Waals surface area contributed by atoms with Crippen LogP contribution in [-0.2, 0) is 6.42 Å². The Morgan fingerprint density at radius 1 is 1.00 bits per heavy atom. The van der Waals surface area contributed by atoms with Crippen LogP contribution < -0.4 is 28.0 Å². The van der Waals surface area contributed by atoms with Crippen LogP contribution in [0.3, 0.4) is 0 Å². The van der Waals surface area contributed by atoms with E-state index >= 15 is 0 Å². The molecule has 0 atom stereocenters. The molecule has 1 aliphatic heterocycles. The summed E-state index contributed by atoms with van der Waals surface area (Å²) in [4.78, 5) is 15.3. The Bertz CT molecular complexity index is 1040. The third-order valence-electron chi connectivity index (χ3n) is 5.20. The van der Waals surface area contributed by atoms with Crippen LogP contribution in [0.25, 0.3) is 11.3 Å². The summed E-state index contributed by atoms with van der Waals surface area (Å²) in [6.45, 7) is 4.51. The van der Waals surface area contributed by atoms with Crippen LogP contribution in [0.5, 0.6) is 0 Å². The maximum Gasteiger partial charge on any atom is 0.519 e. The van der Waals surface area contributed by atoms with Crippen LogP contribution in [0.1, 0.15) is 5.76 Å². The van der Waals surface area contributed by atoms with Gasteiger partial charge in [0.15, 0.2) is 11.5 Å². The lowest BCUT2D eigenvalue weighted by Gasteiger charge is -2.33. The predicted octanol–water partition coefficient (Wildman–Crippen LogP) is 0.297. The third kappa shape index (κ3) is 5.19. The molecule has 9 heteroatoms. The van der Waals surface area contributed by atoms with Crippen molar-refractivity contribution in [2.45, 2.75) is 6.42 Å². The number of nitrogens with one attached hydrogen (secondary N) is 1. The normalized spacial score (nSPS) is 14.6. The lowest BCUT2D eigenvalue weighted by atomic mass is 10.1. The van der Waals surface area contributed by atoms with Crippen LogP contribution >= 0.6 is 23.2 Å². The molecule has 0 bridgehead atoms. The van der Waals surface area contributed by atoms with E-state index in [4.69, 9.17) is 32.0 Å². The quantitative estimate of drug-likeness (QED) is 0.579. The monoisotopic (exact) mass is 472 g/mol. The van der Waals surface area contributed by atoms with Crippen molar-refractivity contribution in [3.05, 3.63) is 74.7 Å². The minimum absolute atomic E-state index is 0. The van der Waals surface area contributed by atoms with E-state index in [0.29, 0.717) is 33.6 Å². The molecule has 0 radical (unpaired) electrons. The van der Waals surface area contributed by atoms with Gasteiger partial charge in [-0.3, -0.25) is 0 Å². The second-order valence-electron chi connectivity index (χ2n) is 7.05. The number of rotatable bonds is 5. The van der Waals surface area contributed by atoms with Gasteiger partial charge in [0.25, 0.3) is 0 Å². The molecule has 0 aliphatic carbocycles. The van der Waals surface area contributed by atoms with E-state index < -0.39 is 5.82 Å². The zero-order chi connectivity index (χ0) is 20.4. The molecule has 1 fully saturated rings. The summed E-state index contributed by atoms with van der Waals surface area (Å²) in [6.07, 6.45) is 0.570. The van der Waals surface area contributed by atoms with E-state index in [9.17, 15) is 9.18 Å². The van der Waals surface area contributed by atoms with Gasteiger partial charge in [-0.1, -0.05) is 23.2 Å². The van der Waals surface area contributed by atoms with Gasteiger partial charge < -0.3 is 31.0 Å². The second-order valence-corrected chi connectivity index (χ2v) is 7.86. The molecule has 1 aliphatic rings. The van der Waals surface area contributed by atoms with E-state index in [1.807, 2.05) is 18.2 Å². The van der Waals surface area contributed by atoms with Crippen LogP contribution in [0, 0.1) is 5.82 Å². The molecule has 1 saturated heterocycles. The van der Waals surface area contributed by atoms with E-state index in [-0.39, 0.29) is 18.2 Å². The van der Waals surface area contributed by atoms with Crippen molar-refractivity contribution in [1.29, 1.82) is 0 Å². The van der Waals surface area contributed by atoms with Gasteiger partial charge in [-0.2, -0.15) is 0 Å². The molecule has 5 nitrogen and oxygen atoms in total. The molecule has 1 aromatic heterocycles. The molecular weight excluding hydrogens is 454 g/mol. The lowest BCUT2D eigenvalue weighted by Crippen LogP contribution is -3.15. The number of benzene rings is 2. The maximum atomic E-state index is 13.2. The van der Waals surface area contributed by atoms with Gasteiger partial charge in [-0.05, 0) is 42.5 Å². The predicted molar refractivity (Wildman–Crippen MR) is 111 cm³/mol. The highest BCUT2D eigenvalue weighted by molar-refractivity contribution is 6.42. The number of piperazine rings is 1. The van der Waals surface area contributed by atoms with Gasteiger partial charge in [-0.15, -0.1) is 0 Å². The molecule has 0 unspecified atom stereocenters. The van der Waals surface area contributed by atoms with Crippen molar-refractivity contribution in [3.63, 3.8) is 0 Å². The highest BCUT2D eigenvalue weighted by Gasteiger charge is 2.23. The fraction of sp³-hybridized carbons (Fsp3) is 0.286. The Morgan fingerprint density at radius 3 is 2.37 bits per heavy atom. The molecule has 0 amide bonds. The molecule has 160 valence electrons. The van der Waals surface area contributed by atoms with Crippen LogP contribution in [0.2, 0.25) is 10.0 Å². The smallest absolute Gasteiger partial charge is 0.519 e. The van der Waals surface area contributed by atoms with Crippen molar-refractivity contribution in [3.8, 4) is 11.3 Å². The number of quaternary nitrogens is 1. The molecule has 1 N–H and O–H groups in total. The zero-order valence-electron chi connectivity index (χ0n) is 16.0. The topological polar surface area (TPSA) is 51.0 Å². The van der Waals surface area contributed by atoms with Crippen molar-refractivity contribution >= 4 is 28.9 Å². The van der Waals surface area contributed by atoms with Crippen molar-refractivity contribution < 1.29 is 30.5 Å². The summed E-state index contributed by atoms with van der Waals surface area (Å²) in [5.41, 5.74) is 1.70. The van der Waals surface area contributed by atoms with E-state index in [2.05, 4.69) is 4.90 Å². The van der Waals surface area contributed by atoms with Crippen molar-refractivity contribution in [1.82, 2.24) is 0 Å². The average Bonchev–Trinajstić information content (AvgIpc) is 3.10. The van der Waals surface area contributed by atoms with Crippen LogP contribution in [0.15, 0.2) is 56.1 Å². The number of hydrogen-bond donors (Lipinski definition) is 1. The van der Waals surface area contributed by atoms with E-state index in [1.165, 1.54) is 17.0 Å². The van der Waals surface area contributed by atoms with E-state index in [0.717, 1.165) is 38.4 Å². The first-order valence-electron chi connectivity index (χ1n) is 9.42. The van der Waals surface area contributed by atoms with E-state index in [1.54, 1.807) is 12.1 Å². The highest BCUT2D eigenvalue weighted by Crippen LogP contribution is 2.27. The van der Waals surface area contributed by atoms with Crippen molar-refractivity contribution in [2.24, 2.45) is 0 Å². The van der Waals surface area contributed by atoms with Gasteiger partial charge in [0.05, 0.1) is 49.2 Å². The zero-order valence-corrected chi connectivity index (χ0v) is 18.2. The summed E-state index contributed by atoms with van der Waals surface area (Å²) >= 11 is 12.1. The fourth-order valence-corrected chi connectivity index (χ4v) is 3.89. The molecule has 2 heterocycles. The summed E-state index contributed by atoms with van der Waals surface area (Å²) < 4.78 is 23.6. The molecular formula is C21H20Cl3FN2O3. The Kier molecular flexibility index (Phi) is 7.47. The number of nitrogens with zero attached hydrogens (tertiary/aromatic N) is 1. The number of hydrogen-bond acceptors (Lipinski definition) is 4. The van der Waals surface area contributed by atoms with Gasteiger partial charge in [0.2, 0.25) is 0 Å². The van der Waals surface area contributed by atoms with Crippen molar-refractivity contribution in [2.75, 3.05) is 37.6 Å². The van der Waals surface area contributed by atoms with Gasteiger partial charge in [0.1, 0.15) is 5.82 Å². The summed E-state index contributed by atoms with van der Waals surface area (Å²) in [7, 11) is 0. The molecule has 30 heavy (non-hydrogen) atoms. The van der Waals surface area contributed by atoms with Gasteiger partial charge >= 0.3 is 5.82 Å². The van der Waals surface area contributed by atoms with Gasteiger partial charge in [0, 0.05) is 11.3 Å². The number of anilines is 1. The van der Waals surface area contributed by atoms with Crippen LogP contribution in [0.4, 0.5) is 10.1 Å². The first-order valence-corrected chi connectivity index (χ1v) is 10.2. The summed E-state index contributed by atoms with van der Waals surface area (Å²) in [5.74, 6) is -0.200. The fourth-order valence-electron chi connectivity index (χ4n) is 3.60. The number of halogens is 4. The Balaban J connectivity index is 0.00000256. The Hall–Kier alpha value is -1.99. The van der Waals surface area contributed by atoms with Gasteiger partial charge in [-0.25, -0.2) is 9.18 Å². The lowest BCUT2D eigenvalue weighted by molar-refractivity contribution is -0.900. The highest BCUT2D eigenvalue weighted by atomic mass is 35.5. The summed E-state index contributed by atoms with van der Waals surface area (Å²) in [5, 5.41) is 1.11. The SMILES string of the molecule is O=c1oc(CC[NH+]2CCN(c3ccc(Cl)c(Cl)c3)CC2)c(-c2ccc(F)cc2)o1.[Cl-]. The standard InChI is InChI=1S/C21H19Cl2FN2O3.ClH/c22-17-6-5-16(13-18(17)23)26-11-9-25(10-12-26)8-7-19-20(29-21(27)28-19)14-1-3-15(24)4-2-14;/h1-6,13H,7-12H2;1H. The molecule has 0 saturated carbocycles. The first-order chi connectivity index (χ1) is 14.0. The Morgan fingerprint density at radius 2 is 1.70 bits per heavy atom. The average molecular weight is 474 g/mol. The minimum atomic E-state index is -0.737. The first kappa shape index (κ1) is 22.7. The second kappa shape index (κ2) is 9.88. The summed E-state index contributed by atoms with van der Waals surface area (Å²) in [6, 6.07) is 11.5. The molecule has 0 spiro atoms. The van der Waals surface area contributed by atoms with Crippen LogP contribution in [-0.4, -0.2) is 32.7 Å². The Labute approximate surface area is 189 Å². The largest absolute Gasteiger partial charge is 1.00 e. The third-order valence-corrected chi connectivity index (χ3v) is 5.94. The molecule has 4 rings (SSSR count). The molecule has 2 aromatic carbocycles. The molecule has 3 aromatic rings.